The number of pyridine rings is 1. The second-order valence-corrected chi connectivity index (χ2v) is 14.2. The zero-order valence-corrected chi connectivity index (χ0v) is 25.6. The Bertz CT molecular complexity index is 1630. The van der Waals surface area contributed by atoms with Crippen LogP contribution in [0, 0.1) is 5.92 Å². The molecule has 2 saturated heterocycles. The number of piperidine rings is 2. The van der Waals surface area contributed by atoms with Crippen LogP contribution in [0.4, 0.5) is 25.0 Å². The minimum Gasteiger partial charge on any atom is -0.478 e. The number of sulfone groups is 1. The summed E-state index contributed by atoms with van der Waals surface area (Å²) < 4.78 is 72.7. The highest BCUT2D eigenvalue weighted by Crippen LogP contribution is 2.35. The van der Waals surface area contributed by atoms with Gasteiger partial charge in [0.1, 0.15) is 5.82 Å². The number of rotatable bonds is 10. The summed E-state index contributed by atoms with van der Waals surface area (Å²) in [6, 6.07) is 9.34. The summed E-state index contributed by atoms with van der Waals surface area (Å²) in [6.45, 7) is 3.89. The number of alkyl halides is 3. The van der Waals surface area contributed by atoms with Crippen LogP contribution in [0.5, 0.6) is 0 Å². The standard InChI is InChI=1S/C31H35F3N4O6S/c1-20-4-3-12-38(19-20)30-36-28(31(32,33)34)27(44-30)25(39)17-22-7-8-26(35-18-22)37-13-9-24(10-14-37)45(42,43)15-11-21-5-2-6-23(16-21)29(40)41/h2,5-8,16,18,20,24H,3-4,9-15,17,19H2,1H3,(H,40,41). The number of hydrogen-bond donors (Lipinski definition) is 1. The first kappa shape index (κ1) is 32.5. The molecule has 1 N–H and O–H groups in total. The number of aryl methyl sites for hydroxylation is 1. The average molecular weight is 649 g/mol. The maximum Gasteiger partial charge on any atom is 0.437 e. The van der Waals surface area contributed by atoms with E-state index in [9.17, 15) is 31.2 Å². The molecule has 2 fully saturated rings. The fraction of sp³-hybridized carbons (Fsp3) is 0.484. The van der Waals surface area contributed by atoms with Gasteiger partial charge in [-0.2, -0.15) is 18.2 Å². The molecule has 242 valence electrons. The fourth-order valence-electron chi connectivity index (χ4n) is 5.89. The minimum absolute atomic E-state index is 0.0817. The predicted octanol–water partition coefficient (Wildman–Crippen LogP) is 5.07. The minimum atomic E-state index is -4.85. The first-order valence-corrected chi connectivity index (χ1v) is 16.6. The van der Waals surface area contributed by atoms with Crippen LogP contribution in [0.15, 0.2) is 47.0 Å². The molecule has 5 rings (SSSR count). The molecule has 1 unspecified atom stereocenters. The summed E-state index contributed by atoms with van der Waals surface area (Å²) >= 11 is 0. The molecule has 10 nitrogen and oxygen atoms in total. The number of ketones is 1. The normalized spacial score (nSPS) is 18.3. The lowest BCUT2D eigenvalue weighted by atomic mass is 10.0. The van der Waals surface area contributed by atoms with Crippen molar-refractivity contribution in [3.8, 4) is 0 Å². The van der Waals surface area contributed by atoms with E-state index in [2.05, 4.69) is 9.97 Å². The van der Waals surface area contributed by atoms with Crippen molar-refractivity contribution in [2.45, 2.75) is 56.9 Å². The molecule has 2 aliphatic rings. The van der Waals surface area contributed by atoms with E-state index in [0.29, 0.717) is 56.0 Å². The van der Waals surface area contributed by atoms with Crippen molar-refractivity contribution in [3.63, 3.8) is 0 Å². The van der Waals surface area contributed by atoms with E-state index in [-0.39, 0.29) is 36.1 Å². The summed E-state index contributed by atoms with van der Waals surface area (Å²) in [6.07, 6.45) is -1.00. The Morgan fingerprint density at radius 1 is 1.04 bits per heavy atom. The molecule has 0 aliphatic carbocycles. The number of benzene rings is 1. The molecule has 2 aliphatic heterocycles. The lowest BCUT2D eigenvalue weighted by Crippen LogP contribution is -2.40. The molecular weight excluding hydrogens is 613 g/mol. The summed E-state index contributed by atoms with van der Waals surface area (Å²) in [5, 5.41) is 8.63. The zero-order valence-electron chi connectivity index (χ0n) is 24.8. The van der Waals surface area contributed by atoms with Crippen LogP contribution in [-0.4, -0.2) is 72.4 Å². The van der Waals surface area contributed by atoms with Gasteiger partial charge in [0.2, 0.25) is 11.5 Å². The quantitative estimate of drug-likeness (QED) is 0.297. The Morgan fingerprint density at radius 2 is 1.80 bits per heavy atom. The Morgan fingerprint density at radius 3 is 2.44 bits per heavy atom. The van der Waals surface area contributed by atoms with Gasteiger partial charge in [0, 0.05) is 38.8 Å². The molecule has 3 aromatic rings. The van der Waals surface area contributed by atoms with Crippen LogP contribution < -0.4 is 9.80 Å². The van der Waals surface area contributed by atoms with Gasteiger partial charge in [0.05, 0.1) is 16.6 Å². The Labute approximate surface area is 259 Å². The highest BCUT2D eigenvalue weighted by Gasteiger charge is 2.42. The Balaban J connectivity index is 1.17. The van der Waals surface area contributed by atoms with Gasteiger partial charge in [-0.25, -0.2) is 18.2 Å². The Hall–Kier alpha value is -3.94. The van der Waals surface area contributed by atoms with Gasteiger partial charge in [-0.1, -0.05) is 25.1 Å². The van der Waals surface area contributed by atoms with E-state index in [0.717, 1.165) is 12.8 Å². The van der Waals surface area contributed by atoms with Crippen molar-refractivity contribution in [2.24, 2.45) is 5.92 Å². The van der Waals surface area contributed by atoms with E-state index in [1.165, 1.54) is 18.3 Å². The van der Waals surface area contributed by atoms with Gasteiger partial charge in [0.25, 0.3) is 6.01 Å². The van der Waals surface area contributed by atoms with Gasteiger partial charge in [-0.3, -0.25) is 4.79 Å². The maximum atomic E-state index is 13.8. The molecule has 1 aromatic carbocycles. The van der Waals surface area contributed by atoms with Gasteiger partial charge < -0.3 is 19.3 Å². The third kappa shape index (κ3) is 7.84. The van der Waals surface area contributed by atoms with Crippen molar-refractivity contribution >= 4 is 33.4 Å². The number of oxazole rings is 1. The van der Waals surface area contributed by atoms with Crippen LogP contribution in [-0.2, 0) is 28.9 Å². The van der Waals surface area contributed by atoms with Crippen molar-refractivity contribution < 1.29 is 40.7 Å². The number of aromatic carboxylic acids is 1. The molecule has 0 spiro atoms. The summed E-state index contributed by atoms with van der Waals surface area (Å²) in [4.78, 5) is 35.8. The third-order valence-corrected chi connectivity index (χ3v) is 10.6. The highest BCUT2D eigenvalue weighted by molar-refractivity contribution is 7.92. The van der Waals surface area contributed by atoms with E-state index < -0.39 is 44.5 Å². The van der Waals surface area contributed by atoms with Crippen molar-refractivity contribution in [1.29, 1.82) is 0 Å². The van der Waals surface area contributed by atoms with Crippen LogP contribution in [0.1, 0.15) is 70.3 Å². The first-order chi connectivity index (χ1) is 21.3. The number of anilines is 2. The number of carbonyl (C=O) groups excluding carboxylic acids is 1. The fourth-order valence-corrected chi connectivity index (χ4v) is 7.68. The molecular formula is C31H35F3N4O6S. The maximum absolute atomic E-state index is 13.8. The number of Topliss-reactive ketones (excluding diaryl/α,β-unsaturated/α-hetero) is 1. The molecule has 14 heteroatoms. The van der Waals surface area contributed by atoms with Gasteiger partial charge in [0.15, 0.2) is 15.5 Å². The van der Waals surface area contributed by atoms with Crippen LogP contribution in [0.3, 0.4) is 0 Å². The molecule has 0 amide bonds. The molecule has 2 aromatic heterocycles. The summed E-state index contributed by atoms with van der Waals surface area (Å²) in [5.41, 5.74) is -0.154. The van der Waals surface area contributed by atoms with E-state index in [1.807, 2.05) is 11.8 Å². The van der Waals surface area contributed by atoms with E-state index in [4.69, 9.17) is 9.52 Å². The number of carboxylic acids is 1. The smallest absolute Gasteiger partial charge is 0.437 e. The molecule has 4 heterocycles. The lowest BCUT2D eigenvalue weighted by Gasteiger charge is -2.32. The van der Waals surface area contributed by atoms with Crippen LogP contribution in [0.25, 0.3) is 0 Å². The molecule has 0 saturated carbocycles. The van der Waals surface area contributed by atoms with Crippen LogP contribution in [0.2, 0.25) is 0 Å². The topological polar surface area (TPSA) is 134 Å². The molecule has 0 radical (unpaired) electrons. The van der Waals surface area contributed by atoms with Crippen molar-refractivity contribution in [3.05, 3.63) is 70.7 Å². The monoisotopic (exact) mass is 648 g/mol. The van der Waals surface area contributed by atoms with E-state index >= 15 is 0 Å². The second-order valence-electron chi connectivity index (χ2n) is 11.8. The van der Waals surface area contributed by atoms with Crippen molar-refractivity contribution in [1.82, 2.24) is 9.97 Å². The molecule has 45 heavy (non-hydrogen) atoms. The van der Waals surface area contributed by atoms with Gasteiger partial charge in [-0.15, -0.1) is 0 Å². The SMILES string of the molecule is CC1CCCN(c2nc(C(F)(F)F)c(C(=O)Cc3ccc(N4CCC(S(=O)(=O)CCc5cccc(C(=O)O)c5)CC4)nc3)o2)C1. The number of nitrogens with zero attached hydrogens (tertiary/aromatic N) is 4. The first-order valence-electron chi connectivity index (χ1n) is 14.9. The van der Waals surface area contributed by atoms with Crippen LogP contribution >= 0.6 is 0 Å². The largest absolute Gasteiger partial charge is 0.478 e. The number of carboxylic acid groups (broad SMARTS) is 1. The highest BCUT2D eigenvalue weighted by atomic mass is 32.2. The molecule has 0 bridgehead atoms. The zero-order chi connectivity index (χ0) is 32.4. The lowest BCUT2D eigenvalue weighted by molar-refractivity contribution is -0.141. The summed E-state index contributed by atoms with van der Waals surface area (Å²) in [5.74, 6) is -1.96. The summed E-state index contributed by atoms with van der Waals surface area (Å²) in [7, 11) is -3.42. The average Bonchev–Trinajstić information content (AvgIpc) is 3.48. The van der Waals surface area contributed by atoms with Gasteiger partial charge >= 0.3 is 12.1 Å². The number of carbonyl (C=O) groups is 2. The van der Waals surface area contributed by atoms with Gasteiger partial charge in [-0.05, 0) is 67.3 Å². The predicted molar refractivity (Wildman–Crippen MR) is 161 cm³/mol. The number of halogens is 3. The van der Waals surface area contributed by atoms with E-state index in [1.54, 1.807) is 29.2 Å². The second kappa shape index (κ2) is 13.2. The number of aromatic nitrogens is 2. The van der Waals surface area contributed by atoms with Crippen molar-refractivity contribution in [2.75, 3.05) is 41.7 Å². The Kier molecular flexibility index (Phi) is 9.52. The third-order valence-electron chi connectivity index (χ3n) is 8.36. The number of hydrogen-bond acceptors (Lipinski definition) is 9. The molecule has 1 atom stereocenters.